The molecule has 0 unspecified atom stereocenters. The van der Waals surface area contributed by atoms with E-state index in [2.05, 4.69) is 15.5 Å². The Morgan fingerprint density at radius 2 is 1.96 bits per heavy atom. The van der Waals surface area contributed by atoms with Crippen LogP contribution in [0.3, 0.4) is 0 Å². The van der Waals surface area contributed by atoms with Crippen molar-refractivity contribution in [3.8, 4) is 17.1 Å². The van der Waals surface area contributed by atoms with Crippen LogP contribution >= 0.6 is 0 Å². The van der Waals surface area contributed by atoms with Gasteiger partial charge < -0.3 is 14.6 Å². The predicted molar refractivity (Wildman–Crippen MR) is 88.6 cm³/mol. The van der Waals surface area contributed by atoms with Gasteiger partial charge in [-0.2, -0.15) is 4.98 Å². The highest BCUT2D eigenvalue weighted by atomic mass is 16.5. The van der Waals surface area contributed by atoms with Crippen molar-refractivity contribution in [2.75, 3.05) is 7.11 Å². The van der Waals surface area contributed by atoms with Gasteiger partial charge in [0.25, 0.3) is 0 Å². The van der Waals surface area contributed by atoms with E-state index in [1.165, 1.54) is 0 Å². The summed E-state index contributed by atoms with van der Waals surface area (Å²) in [4.78, 5) is 16.4. The summed E-state index contributed by atoms with van der Waals surface area (Å²) in [6, 6.07) is 16.7. The lowest BCUT2D eigenvalue weighted by molar-refractivity contribution is 0.0895. The van der Waals surface area contributed by atoms with Crippen LogP contribution in [-0.2, 0) is 0 Å². The van der Waals surface area contributed by atoms with E-state index < -0.39 is 5.91 Å². The Labute approximate surface area is 139 Å². The molecule has 1 heterocycles. The van der Waals surface area contributed by atoms with Gasteiger partial charge in [-0.05, 0) is 24.6 Å². The molecule has 0 aliphatic heterocycles. The number of ether oxygens (including phenoxy) is 1. The lowest BCUT2D eigenvalue weighted by Crippen LogP contribution is -2.26. The number of rotatable bonds is 5. The number of nitrogens with zero attached hydrogens (tertiary/aromatic N) is 2. The van der Waals surface area contributed by atoms with E-state index in [0.717, 1.165) is 5.56 Å². The van der Waals surface area contributed by atoms with E-state index in [4.69, 9.17) is 9.26 Å². The molecular weight excluding hydrogens is 306 g/mol. The first-order valence-electron chi connectivity index (χ1n) is 7.51. The van der Waals surface area contributed by atoms with Crippen LogP contribution in [0, 0.1) is 0 Å². The summed E-state index contributed by atoms with van der Waals surface area (Å²) >= 11 is 0. The molecule has 1 aromatic heterocycles. The first kappa shape index (κ1) is 15.7. The van der Waals surface area contributed by atoms with Gasteiger partial charge in [0.05, 0.1) is 13.2 Å². The molecule has 0 fully saturated rings. The zero-order valence-corrected chi connectivity index (χ0v) is 13.4. The fourth-order valence-electron chi connectivity index (χ4n) is 2.28. The third-order valence-electron chi connectivity index (χ3n) is 3.60. The zero-order valence-electron chi connectivity index (χ0n) is 13.4. The van der Waals surface area contributed by atoms with E-state index in [-0.39, 0.29) is 11.9 Å². The monoisotopic (exact) mass is 323 g/mol. The van der Waals surface area contributed by atoms with E-state index in [0.29, 0.717) is 17.1 Å². The Hall–Kier alpha value is -3.15. The van der Waals surface area contributed by atoms with Gasteiger partial charge in [-0.1, -0.05) is 47.6 Å². The average Bonchev–Trinajstić information content (AvgIpc) is 3.13. The van der Waals surface area contributed by atoms with Gasteiger partial charge in [-0.25, -0.2) is 0 Å². The first-order chi connectivity index (χ1) is 11.7. The smallest absolute Gasteiger partial charge is 0.316 e. The number of amides is 1. The Balaban J connectivity index is 1.74. The molecule has 6 heteroatoms. The largest absolute Gasteiger partial charge is 0.497 e. The van der Waals surface area contributed by atoms with Gasteiger partial charge in [0.1, 0.15) is 5.75 Å². The standard InChI is InChI=1S/C18H17N3O3/c1-12(13-7-4-3-5-8-13)19-17(22)18-20-16(21-24-18)14-9-6-10-15(11-14)23-2/h3-12H,1-2H3,(H,19,22)/t12-/m1/s1. The predicted octanol–water partition coefficient (Wildman–Crippen LogP) is 3.24. The molecule has 0 saturated carbocycles. The lowest BCUT2D eigenvalue weighted by Gasteiger charge is -2.12. The lowest BCUT2D eigenvalue weighted by atomic mass is 10.1. The van der Waals surface area contributed by atoms with Crippen LogP contribution in [-0.4, -0.2) is 23.2 Å². The third-order valence-corrected chi connectivity index (χ3v) is 3.60. The minimum absolute atomic E-state index is 0.0735. The summed E-state index contributed by atoms with van der Waals surface area (Å²) in [7, 11) is 1.58. The molecule has 122 valence electrons. The average molecular weight is 323 g/mol. The number of aromatic nitrogens is 2. The van der Waals surface area contributed by atoms with Crippen molar-refractivity contribution >= 4 is 5.91 Å². The van der Waals surface area contributed by atoms with Gasteiger partial charge in [0, 0.05) is 5.56 Å². The van der Waals surface area contributed by atoms with Gasteiger partial charge in [0.2, 0.25) is 5.82 Å². The molecule has 0 aliphatic carbocycles. The molecule has 1 atom stereocenters. The molecular formula is C18H17N3O3. The highest BCUT2D eigenvalue weighted by Crippen LogP contribution is 2.21. The molecule has 1 amide bonds. The minimum Gasteiger partial charge on any atom is -0.497 e. The van der Waals surface area contributed by atoms with Gasteiger partial charge in [-0.15, -0.1) is 0 Å². The molecule has 6 nitrogen and oxygen atoms in total. The van der Waals surface area contributed by atoms with Crippen LogP contribution < -0.4 is 10.1 Å². The number of hydrogen-bond donors (Lipinski definition) is 1. The summed E-state index contributed by atoms with van der Waals surface area (Å²) in [5, 5.41) is 6.70. The SMILES string of the molecule is COc1cccc(-c2noc(C(=O)N[C@H](C)c3ccccc3)n2)c1. The van der Waals surface area contributed by atoms with Crippen molar-refractivity contribution in [1.82, 2.24) is 15.5 Å². The first-order valence-corrected chi connectivity index (χ1v) is 7.51. The fourth-order valence-corrected chi connectivity index (χ4v) is 2.28. The second kappa shape index (κ2) is 6.95. The molecule has 3 aromatic rings. The maximum Gasteiger partial charge on any atom is 0.316 e. The molecule has 0 saturated heterocycles. The van der Waals surface area contributed by atoms with Crippen LogP contribution in [0.25, 0.3) is 11.4 Å². The van der Waals surface area contributed by atoms with Crippen LogP contribution in [0.1, 0.15) is 29.2 Å². The summed E-state index contributed by atoms with van der Waals surface area (Å²) < 4.78 is 10.2. The number of nitrogens with one attached hydrogen (secondary N) is 1. The Kier molecular flexibility index (Phi) is 4.56. The number of carbonyl (C=O) groups is 1. The normalized spacial score (nSPS) is 11.8. The number of methoxy groups -OCH3 is 1. The second-order valence-corrected chi connectivity index (χ2v) is 5.26. The van der Waals surface area contributed by atoms with Crippen molar-refractivity contribution in [1.29, 1.82) is 0 Å². The zero-order chi connectivity index (χ0) is 16.9. The number of benzene rings is 2. The maximum atomic E-state index is 12.3. The van der Waals surface area contributed by atoms with Crippen molar-refractivity contribution in [3.63, 3.8) is 0 Å². The van der Waals surface area contributed by atoms with Gasteiger partial charge in [0.15, 0.2) is 0 Å². The van der Waals surface area contributed by atoms with Crippen molar-refractivity contribution in [2.24, 2.45) is 0 Å². The second-order valence-electron chi connectivity index (χ2n) is 5.26. The van der Waals surface area contributed by atoms with E-state index in [9.17, 15) is 4.79 Å². The number of hydrogen-bond acceptors (Lipinski definition) is 5. The van der Waals surface area contributed by atoms with Crippen LogP contribution in [0.15, 0.2) is 59.1 Å². The molecule has 0 spiro atoms. The van der Waals surface area contributed by atoms with E-state index in [1.54, 1.807) is 13.2 Å². The topological polar surface area (TPSA) is 77.2 Å². The van der Waals surface area contributed by atoms with E-state index >= 15 is 0 Å². The molecule has 0 radical (unpaired) electrons. The molecule has 1 N–H and O–H groups in total. The Morgan fingerprint density at radius 3 is 2.71 bits per heavy atom. The third kappa shape index (κ3) is 3.43. The summed E-state index contributed by atoms with van der Waals surface area (Å²) in [5.41, 5.74) is 1.71. The fraction of sp³-hybridized carbons (Fsp3) is 0.167. The molecule has 2 aromatic carbocycles. The Bertz CT molecular complexity index is 830. The maximum absolute atomic E-state index is 12.3. The van der Waals surface area contributed by atoms with Crippen LogP contribution in [0.2, 0.25) is 0 Å². The highest BCUT2D eigenvalue weighted by molar-refractivity contribution is 5.90. The van der Waals surface area contributed by atoms with Gasteiger partial charge in [-0.3, -0.25) is 4.79 Å². The van der Waals surface area contributed by atoms with Crippen molar-refractivity contribution < 1.29 is 14.1 Å². The number of carbonyl (C=O) groups excluding carboxylic acids is 1. The quantitative estimate of drug-likeness (QED) is 0.780. The highest BCUT2D eigenvalue weighted by Gasteiger charge is 2.18. The molecule has 24 heavy (non-hydrogen) atoms. The van der Waals surface area contributed by atoms with Gasteiger partial charge >= 0.3 is 11.8 Å². The van der Waals surface area contributed by atoms with Crippen molar-refractivity contribution in [2.45, 2.75) is 13.0 Å². The van der Waals surface area contributed by atoms with Crippen LogP contribution in [0.5, 0.6) is 5.75 Å². The van der Waals surface area contributed by atoms with Crippen molar-refractivity contribution in [3.05, 3.63) is 66.1 Å². The Morgan fingerprint density at radius 1 is 1.17 bits per heavy atom. The van der Waals surface area contributed by atoms with Crippen LogP contribution in [0.4, 0.5) is 0 Å². The summed E-state index contributed by atoms with van der Waals surface area (Å²) in [6.45, 7) is 1.90. The molecule has 3 rings (SSSR count). The molecule has 0 aliphatic rings. The summed E-state index contributed by atoms with van der Waals surface area (Å²) in [5.74, 6) is 0.538. The summed E-state index contributed by atoms with van der Waals surface area (Å²) in [6.07, 6.45) is 0. The van der Waals surface area contributed by atoms with E-state index in [1.807, 2.05) is 55.5 Å². The minimum atomic E-state index is -0.409. The molecule has 0 bridgehead atoms.